The molecule has 0 unspecified atom stereocenters. The van der Waals surface area contributed by atoms with Crippen molar-refractivity contribution >= 4 is 60.7 Å². The zero-order valence-corrected chi connectivity index (χ0v) is 14.5. The molecule has 3 nitrogen and oxygen atoms in total. The third-order valence-electron chi connectivity index (χ3n) is 3.05. The zero-order valence-electron chi connectivity index (χ0n) is 10.6. The number of H-pyrrole nitrogens is 1. The van der Waals surface area contributed by atoms with Gasteiger partial charge < -0.3 is 4.98 Å². The summed E-state index contributed by atoms with van der Waals surface area (Å²) in [7, 11) is 0. The number of hydrogen-bond acceptors (Lipinski definition) is 3. The normalized spacial score (nSPS) is 11.2. The van der Waals surface area contributed by atoms with E-state index in [1.165, 1.54) is 11.3 Å². The lowest BCUT2D eigenvalue weighted by Crippen LogP contribution is -2.11. The quantitative estimate of drug-likeness (QED) is 0.632. The molecule has 0 aliphatic carbocycles. The molecule has 0 amide bonds. The molecule has 7 heteroatoms. The lowest BCUT2D eigenvalue weighted by atomic mass is 10.1. The van der Waals surface area contributed by atoms with Crippen LogP contribution in [0.25, 0.3) is 21.3 Å². The Morgan fingerprint density at radius 3 is 2.81 bits per heavy atom. The minimum Gasteiger partial charge on any atom is -0.310 e. The standard InChI is InChI=1S/C14H9BrCl2N2OS/c15-4-3-11-18-13(20)12-8(6-21-14(12)19-11)7-1-2-9(16)10(17)5-7/h1-2,5-6H,3-4H2,(H,18,19,20). The lowest BCUT2D eigenvalue weighted by Gasteiger charge is -2.02. The smallest absolute Gasteiger partial charge is 0.260 e. The van der Waals surface area contributed by atoms with Crippen LogP contribution in [0.15, 0.2) is 28.4 Å². The Bertz CT molecular complexity index is 875. The minimum absolute atomic E-state index is 0.127. The number of nitrogens with one attached hydrogen (secondary N) is 1. The summed E-state index contributed by atoms with van der Waals surface area (Å²) in [5.41, 5.74) is 1.56. The maximum absolute atomic E-state index is 12.3. The van der Waals surface area contributed by atoms with Crippen LogP contribution in [0.5, 0.6) is 0 Å². The van der Waals surface area contributed by atoms with Crippen LogP contribution in [-0.4, -0.2) is 15.3 Å². The Hall–Kier alpha value is -0.880. The van der Waals surface area contributed by atoms with Gasteiger partial charge in [0.15, 0.2) is 0 Å². The Labute approximate surface area is 143 Å². The molecule has 0 spiro atoms. The first-order chi connectivity index (χ1) is 10.1. The van der Waals surface area contributed by atoms with E-state index < -0.39 is 0 Å². The van der Waals surface area contributed by atoms with Crippen LogP contribution in [0.2, 0.25) is 10.0 Å². The number of aromatic amines is 1. The first kappa shape index (κ1) is 15.0. The van der Waals surface area contributed by atoms with Gasteiger partial charge in [-0.1, -0.05) is 45.2 Å². The van der Waals surface area contributed by atoms with Crippen molar-refractivity contribution in [2.45, 2.75) is 6.42 Å². The van der Waals surface area contributed by atoms with Crippen molar-refractivity contribution in [1.82, 2.24) is 9.97 Å². The molecular formula is C14H9BrCl2N2OS. The van der Waals surface area contributed by atoms with Gasteiger partial charge in [0.2, 0.25) is 0 Å². The number of fused-ring (bicyclic) bond motifs is 1. The number of aromatic nitrogens is 2. The van der Waals surface area contributed by atoms with Crippen LogP contribution in [-0.2, 0) is 6.42 Å². The third-order valence-corrected chi connectivity index (χ3v) is 5.06. The highest BCUT2D eigenvalue weighted by Crippen LogP contribution is 2.34. The molecule has 0 atom stereocenters. The van der Waals surface area contributed by atoms with E-state index in [-0.39, 0.29) is 5.56 Å². The molecule has 3 rings (SSSR count). The SMILES string of the molecule is O=c1[nH]c(CCBr)nc2scc(-c3ccc(Cl)c(Cl)c3)c12. The van der Waals surface area contributed by atoms with Crippen LogP contribution in [0.4, 0.5) is 0 Å². The largest absolute Gasteiger partial charge is 0.310 e. The summed E-state index contributed by atoms with van der Waals surface area (Å²) in [4.78, 5) is 20.4. The Kier molecular flexibility index (Phi) is 4.36. The van der Waals surface area contributed by atoms with Crippen molar-refractivity contribution in [3.63, 3.8) is 0 Å². The number of nitrogens with zero attached hydrogens (tertiary/aromatic N) is 1. The van der Waals surface area contributed by atoms with Crippen LogP contribution in [0.3, 0.4) is 0 Å². The van der Waals surface area contributed by atoms with Crippen molar-refractivity contribution < 1.29 is 0 Å². The summed E-state index contributed by atoms with van der Waals surface area (Å²) in [6.07, 6.45) is 0.686. The van der Waals surface area contributed by atoms with E-state index in [4.69, 9.17) is 23.2 Å². The molecule has 0 saturated carbocycles. The van der Waals surface area contributed by atoms with E-state index in [0.29, 0.717) is 27.7 Å². The van der Waals surface area contributed by atoms with Gasteiger partial charge in [-0.15, -0.1) is 11.3 Å². The number of rotatable bonds is 3. The maximum Gasteiger partial charge on any atom is 0.260 e. The van der Waals surface area contributed by atoms with Crippen LogP contribution < -0.4 is 5.56 Å². The molecule has 2 aromatic heterocycles. The van der Waals surface area contributed by atoms with Gasteiger partial charge in [-0.3, -0.25) is 4.79 Å². The molecule has 1 N–H and O–H groups in total. The molecule has 21 heavy (non-hydrogen) atoms. The summed E-state index contributed by atoms with van der Waals surface area (Å²) < 4.78 is 0. The zero-order chi connectivity index (χ0) is 15.0. The van der Waals surface area contributed by atoms with Gasteiger partial charge in [0.05, 0.1) is 15.4 Å². The average molecular weight is 404 g/mol. The second-order valence-electron chi connectivity index (χ2n) is 4.41. The number of thiophene rings is 1. The van der Waals surface area contributed by atoms with Crippen LogP contribution in [0.1, 0.15) is 5.82 Å². The Morgan fingerprint density at radius 1 is 1.29 bits per heavy atom. The van der Waals surface area contributed by atoms with E-state index in [1.807, 2.05) is 11.4 Å². The topological polar surface area (TPSA) is 45.8 Å². The van der Waals surface area contributed by atoms with E-state index in [0.717, 1.165) is 21.3 Å². The van der Waals surface area contributed by atoms with Crippen molar-refractivity contribution in [2.75, 3.05) is 5.33 Å². The van der Waals surface area contributed by atoms with Crippen LogP contribution >= 0.6 is 50.5 Å². The molecule has 0 saturated heterocycles. The van der Waals surface area contributed by atoms with Crippen LogP contribution in [0, 0.1) is 0 Å². The van der Waals surface area contributed by atoms with E-state index >= 15 is 0 Å². The predicted octanol–water partition coefficient (Wildman–Crippen LogP) is 4.90. The van der Waals surface area contributed by atoms with Gasteiger partial charge in [0.25, 0.3) is 5.56 Å². The molecule has 0 radical (unpaired) electrons. The van der Waals surface area contributed by atoms with Gasteiger partial charge in [-0.25, -0.2) is 4.98 Å². The van der Waals surface area contributed by atoms with Gasteiger partial charge in [0, 0.05) is 22.7 Å². The first-order valence-electron chi connectivity index (χ1n) is 6.12. The second kappa shape index (κ2) is 6.08. The molecule has 2 heterocycles. The summed E-state index contributed by atoms with van der Waals surface area (Å²) >= 11 is 16.8. The summed E-state index contributed by atoms with van der Waals surface area (Å²) in [6.45, 7) is 0. The molecule has 0 aliphatic heterocycles. The number of benzene rings is 1. The molecule has 108 valence electrons. The van der Waals surface area contributed by atoms with Gasteiger partial charge in [0.1, 0.15) is 10.7 Å². The monoisotopic (exact) mass is 402 g/mol. The molecule has 0 aliphatic rings. The van der Waals surface area contributed by atoms with Crippen molar-refractivity contribution in [3.8, 4) is 11.1 Å². The van der Waals surface area contributed by atoms with Crippen molar-refractivity contribution in [2.24, 2.45) is 0 Å². The van der Waals surface area contributed by atoms with Gasteiger partial charge >= 0.3 is 0 Å². The fraction of sp³-hybridized carbons (Fsp3) is 0.143. The van der Waals surface area contributed by atoms with Gasteiger partial charge in [-0.05, 0) is 17.7 Å². The Balaban J connectivity index is 2.20. The highest BCUT2D eigenvalue weighted by atomic mass is 79.9. The van der Waals surface area contributed by atoms with E-state index in [2.05, 4.69) is 25.9 Å². The summed E-state index contributed by atoms with van der Waals surface area (Å²) in [5, 5.41) is 4.23. The molecule has 1 aromatic carbocycles. The number of halogens is 3. The molecule has 0 bridgehead atoms. The second-order valence-corrected chi connectivity index (χ2v) is 6.88. The summed E-state index contributed by atoms with van der Waals surface area (Å²) in [5.74, 6) is 0.687. The predicted molar refractivity (Wildman–Crippen MR) is 93.2 cm³/mol. The average Bonchev–Trinajstić information content (AvgIpc) is 2.87. The van der Waals surface area contributed by atoms with Gasteiger partial charge in [-0.2, -0.15) is 0 Å². The maximum atomic E-state index is 12.3. The summed E-state index contributed by atoms with van der Waals surface area (Å²) in [6, 6.07) is 5.34. The third kappa shape index (κ3) is 2.88. The number of aryl methyl sites for hydroxylation is 1. The lowest BCUT2D eigenvalue weighted by molar-refractivity contribution is 0.960. The van der Waals surface area contributed by atoms with E-state index in [1.54, 1.807) is 12.1 Å². The van der Waals surface area contributed by atoms with Crippen molar-refractivity contribution in [3.05, 3.63) is 49.8 Å². The van der Waals surface area contributed by atoms with E-state index in [9.17, 15) is 4.79 Å². The molecule has 0 fully saturated rings. The number of alkyl halides is 1. The molecular weight excluding hydrogens is 395 g/mol. The highest BCUT2D eigenvalue weighted by Gasteiger charge is 2.13. The fourth-order valence-electron chi connectivity index (χ4n) is 2.08. The number of hydrogen-bond donors (Lipinski definition) is 1. The first-order valence-corrected chi connectivity index (χ1v) is 8.87. The fourth-order valence-corrected chi connectivity index (χ4v) is 3.72. The minimum atomic E-state index is -0.127. The highest BCUT2D eigenvalue weighted by molar-refractivity contribution is 9.09. The molecule has 3 aromatic rings. The Morgan fingerprint density at radius 2 is 2.10 bits per heavy atom. The van der Waals surface area contributed by atoms with Crippen molar-refractivity contribution in [1.29, 1.82) is 0 Å².